The molecule has 1 amide bonds. The Morgan fingerprint density at radius 1 is 1.57 bits per heavy atom. The molecule has 0 fully saturated rings. The molecule has 0 aromatic heterocycles. The van der Waals surface area contributed by atoms with E-state index in [1.165, 1.54) is 0 Å². The van der Waals surface area contributed by atoms with Crippen LogP contribution in [0.25, 0.3) is 0 Å². The van der Waals surface area contributed by atoms with Crippen LogP contribution in [-0.2, 0) is 9.53 Å². The minimum Gasteiger partial charge on any atom is -0.383 e. The Morgan fingerprint density at radius 2 is 2.29 bits per heavy atom. The number of carbonyl (C=O) groups excluding carboxylic acids is 1. The SMILES string of the molecule is CCCC(COC)NC(=O)CCCCl. The summed E-state index contributed by atoms with van der Waals surface area (Å²) >= 11 is 5.50. The Labute approximate surface area is 91.2 Å². The molecular formula is C10H20ClNO2. The van der Waals surface area contributed by atoms with Crippen molar-refractivity contribution in [3.8, 4) is 0 Å². The van der Waals surface area contributed by atoms with E-state index in [9.17, 15) is 4.79 Å². The lowest BCUT2D eigenvalue weighted by Crippen LogP contribution is -2.37. The summed E-state index contributed by atoms with van der Waals surface area (Å²) in [6.45, 7) is 2.67. The molecule has 0 saturated carbocycles. The van der Waals surface area contributed by atoms with E-state index in [1.807, 2.05) is 0 Å². The van der Waals surface area contributed by atoms with Gasteiger partial charge in [0.05, 0.1) is 12.6 Å². The Balaban J connectivity index is 3.71. The maximum Gasteiger partial charge on any atom is 0.220 e. The van der Waals surface area contributed by atoms with Crippen molar-refractivity contribution in [1.29, 1.82) is 0 Å². The smallest absolute Gasteiger partial charge is 0.220 e. The van der Waals surface area contributed by atoms with E-state index in [0.717, 1.165) is 19.3 Å². The zero-order chi connectivity index (χ0) is 10.8. The topological polar surface area (TPSA) is 38.3 Å². The molecule has 0 spiro atoms. The predicted octanol–water partition coefficient (Wildman–Crippen LogP) is 1.94. The van der Waals surface area contributed by atoms with Crippen LogP contribution >= 0.6 is 11.6 Å². The summed E-state index contributed by atoms with van der Waals surface area (Å²) in [4.78, 5) is 11.3. The second kappa shape index (κ2) is 9.28. The second-order valence-corrected chi connectivity index (χ2v) is 3.68. The van der Waals surface area contributed by atoms with Crippen molar-refractivity contribution >= 4 is 17.5 Å². The summed E-state index contributed by atoms with van der Waals surface area (Å²) in [5.41, 5.74) is 0. The lowest BCUT2D eigenvalue weighted by atomic mass is 10.1. The van der Waals surface area contributed by atoms with Gasteiger partial charge in [0.25, 0.3) is 0 Å². The molecule has 0 saturated heterocycles. The van der Waals surface area contributed by atoms with Crippen LogP contribution in [0.3, 0.4) is 0 Å². The van der Waals surface area contributed by atoms with Gasteiger partial charge in [-0.15, -0.1) is 11.6 Å². The molecule has 0 aliphatic carbocycles. The van der Waals surface area contributed by atoms with E-state index in [1.54, 1.807) is 7.11 Å². The molecule has 0 rings (SSSR count). The second-order valence-electron chi connectivity index (χ2n) is 3.30. The van der Waals surface area contributed by atoms with Crippen molar-refractivity contribution in [2.24, 2.45) is 0 Å². The molecular weight excluding hydrogens is 202 g/mol. The molecule has 1 unspecified atom stereocenters. The summed E-state index contributed by atoms with van der Waals surface area (Å²) in [6.07, 6.45) is 3.25. The summed E-state index contributed by atoms with van der Waals surface area (Å²) < 4.78 is 5.02. The molecule has 4 heteroatoms. The molecule has 84 valence electrons. The van der Waals surface area contributed by atoms with Crippen molar-refractivity contribution in [1.82, 2.24) is 5.32 Å². The Bertz CT molecular complexity index is 147. The van der Waals surface area contributed by atoms with Gasteiger partial charge in [-0.05, 0) is 12.8 Å². The van der Waals surface area contributed by atoms with Gasteiger partial charge in [0, 0.05) is 19.4 Å². The van der Waals surface area contributed by atoms with Crippen molar-refractivity contribution in [2.75, 3.05) is 19.6 Å². The maximum absolute atomic E-state index is 11.3. The first-order chi connectivity index (χ1) is 6.74. The van der Waals surface area contributed by atoms with E-state index >= 15 is 0 Å². The number of methoxy groups -OCH3 is 1. The molecule has 0 bridgehead atoms. The normalized spacial score (nSPS) is 12.5. The third-order valence-electron chi connectivity index (χ3n) is 1.91. The molecule has 0 aliphatic rings. The Morgan fingerprint density at radius 3 is 2.79 bits per heavy atom. The Hall–Kier alpha value is -0.280. The number of halogens is 1. The summed E-state index contributed by atoms with van der Waals surface area (Å²) in [6, 6.07) is 0.146. The third kappa shape index (κ3) is 7.15. The van der Waals surface area contributed by atoms with E-state index in [-0.39, 0.29) is 11.9 Å². The summed E-state index contributed by atoms with van der Waals surface area (Å²) in [5, 5.41) is 2.93. The van der Waals surface area contributed by atoms with Crippen LogP contribution in [0.4, 0.5) is 0 Å². The number of carbonyl (C=O) groups is 1. The molecule has 3 nitrogen and oxygen atoms in total. The van der Waals surface area contributed by atoms with Crippen molar-refractivity contribution in [2.45, 2.75) is 38.6 Å². The fourth-order valence-electron chi connectivity index (χ4n) is 1.27. The van der Waals surface area contributed by atoms with Crippen LogP contribution < -0.4 is 5.32 Å². The largest absolute Gasteiger partial charge is 0.383 e. The number of amides is 1. The summed E-state index contributed by atoms with van der Waals surface area (Å²) in [7, 11) is 1.65. The van der Waals surface area contributed by atoms with Crippen molar-refractivity contribution < 1.29 is 9.53 Å². The number of alkyl halides is 1. The summed E-state index contributed by atoms with van der Waals surface area (Å²) in [5.74, 6) is 0.608. The van der Waals surface area contributed by atoms with Crippen LogP contribution in [0, 0.1) is 0 Å². The first-order valence-corrected chi connectivity index (χ1v) is 5.62. The highest BCUT2D eigenvalue weighted by Crippen LogP contribution is 1.99. The molecule has 0 aromatic carbocycles. The van der Waals surface area contributed by atoms with Crippen molar-refractivity contribution in [3.63, 3.8) is 0 Å². The minimum atomic E-state index is 0.0705. The number of ether oxygens (including phenoxy) is 1. The van der Waals surface area contributed by atoms with Crippen molar-refractivity contribution in [3.05, 3.63) is 0 Å². The van der Waals surface area contributed by atoms with Gasteiger partial charge < -0.3 is 10.1 Å². The third-order valence-corrected chi connectivity index (χ3v) is 2.17. The van der Waals surface area contributed by atoms with Gasteiger partial charge in [-0.3, -0.25) is 4.79 Å². The van der Waals surface area contributed by atoms with Gasteiger partial charge >= 0.3 is 0 Å². The van der Waals surface area contributed by atoms with Crippen LogP contribution in [0.1, 0.15) is 32.6 Å². The lowest BCUT2D eigenvalue weighted by Gasteiger charge is -2.16. The molecule has 0 aliphatic heterocycles. The highest BCUT2D eigenvalue weighted by atomic mass is 35.5. The van der Waals surface area contributed by atoms with Gasteiger partial charge in [-0.25, -0.2) is 0 Å². The first kappa shape index (κ1) is 13.7. The van der Waals surface area contributed by atoms with Gasteiger partial charge in [0.2, 0.25) is 5.91 Å². The number of rotatable bonds is 8. The van der Waals surface area contributed by atoms with Crippen LogP contribution in [0.2, 0.25) is 0 Å². The zero-order valence-electron chi connectivity index (χ0n) is 9.01. The number of hydrogen-bond acceptors (Lipinski definition) is 2. The van der Waals surface area contributed by atoms with E-state index < -0.39 is 0 Å². The molecule has 0 aromatic rings. The van der Waals surface area contributed by atoms with Gasteiger partial charge in [0.15, 0.2) is 0 Å². The minimum absolute atomic E-state index is 0.0705. The zero-order valence-corrected chi connectivity index (χ0v) is 9.77. The monoisotopic (exact) mass is 221 g/mol. The Kier molecular flexibility index (Phi) is 9.10. The number of nitrogens with one attached hydrogen (secondary N) is 1. The fourth-order valence-corrected chi connectivity index (χ4v) is 1.41. The van der Waals surface area contributed by atoms with E-state index in [0.29, 0.717) is 18.9 Å². The highest BCUT2D eigenvalue weighted by molar-refractivity contribution is 6.17. The molecule has 1 N–H and O–H groups in total. The first-order valence-electron chi connectivity index (χ1n) is 5.08. The van der Waals surface area contributed by atoms with E-state index in [4.69, 9.17) is 16.3 Å². The van der Waals surface area contributed by atoms with Gasteiger partial charge in [-0.1, -0.05) is 13.3 Å². The molecule has 0 radical (unpaired) electrons. The van der Waals surface area contributed by atoms with Gasteiger partial charge in [0.1, 0.15) is 0 Å². The average molecular weight is 222 g/mol. The van der Waals surface area contributed by atoms with E-state index in [2.05, 4.69) is 12.2 Å². The predicted molar refractivity (Wildman–Crippen MR) is 58.7 cm³/mol. The quantitative estimate of drug-likeness (QED) is 0.637. The van der Waals surface area contributed by atoms with Gasteiger partial charge in [-0.2, -0.15) is 0 Å². The number of hydrogen-bond donors (Lipinski definition) is 1. The average Bonchev–Trinajstić information content (AvgIpc) is 2.15. The molecule has 14 heavy (non-hydrogen) atoms. The lowest BCUT2D eigenvalue weighted by molar-refractivity contribution is -0.122. The molecule has 0 heterocycles. The standard InChI is InChI=1S/C10H20ClNO2/c1-3-5-9(8-14-2)12-10(13)6-4-7-11/h9H,3-8H2,1-2H3,(H,12,13). The fraction of sp³-hybridized carbons (Fsp3) is 0.900. The highest BCUT2D eigenvalue weighted by Gasteiger charge is 2.10. The van der Waals surface area contributed by atoms with Crippen LogP contribution in [0.15, 0.2) is 0 Å². The van der Waals surface area contributed by atoms with Crippen LogP contribution in [0.5, 0.6) is 0 Å². The van der Waals surface area contributed by atoms with Crippen LogP contribution in [-0.4, -0.2) is 31.5 Å². The maximum atomic E-state index is 11.3. The molecule has 1 atom stereocenters.